The summed E-state index contributed by atoms with van der Waals surface area (Å²) in [5, 5.41) is 4.00. The van der Waals surface area contributed by atoms with E-state index in [-0.39, 0.29) is 0 Å². The standard InChI is InChI=1S/C17H34N2/c1-14(2)13-19-11-8-15(9-12-19)18-16-7-5-6-10-17(16,3)4/h14-16,18H,5-13H2,1-4H3. The second kappa shape index (κ2) is 6.58. The van der Waals surface area contributed by atoms with Gasteiger partial charge >= 0.3 is 0 Å². The van der Waals surface area contributed by atoms with E-state index >= 15 is 0 Å². The molecule has 0 spiro atoms. The largest absolute Gasteiger partial charge is 0.311 e. The number of nitrogens with zero attached hydrogens (tertiary/aromatic N) is 1. The van der Waals surface area contributed by atoms with Gasteiger partial charge in [0.05, 0.1) is 0 Å². The highest BCUT2D eigenvalue weighted by Gasteiger charge is 2.34. The van der Waals surface area contributed by atoms with E-state index in [1.54, 1.807) is 0 Å². The van der Waals surface area contributed by atoms with Crippen molar-refractivity contribution in [2.45, 2.75) is 78.3 Å². The normalized spacial score (nSPS) is 29.8. The van der Waals surface area contributed by atoms with E-state index in [4.69, 9.17) is 0 Å². The molecule has 0 bridgehead atoms. The van der Waals surface area contributed by atoms with Crippen LogP contribution in [0.2, 0.25) is 0 Å². The van der Waals surface area contributed by atoms with Crippen LogP contribution < -0.4 is 5.32 Å². The summed E-state index contributed by atoms with van der Waals surface area (Å²) in [5.41, 5.74) is 0.507. The number of nitrogens with one attached hydrogen (secondary N) is 1. The second-order valence-electron chi connectivity index (χ2n) is 7.92. The van der Waals surface area contributed by atoms with E-state index in [0.29, 0.717) is 5.41 Å². The molecule has 1 N–H and O–H groups in total. The molecule has 19 heavy (non-hydrogen) atoms. The summed E-state index contributed by atoms with van der Waals surface area (Å²) in [6, 6.07) is 1.52. The molecule has 0 aromatic heterocycles. The maximum Gasteiger partial charge on any atom is 0.0121 e. The molecule has 1 atom stereocenters. The Morgan fingerprint density at radius 1 is 1.11 bits per heavy atom. The first kappa shape index (κ1) is 15.3. The third-order valence-corrected chi connectivity index (χ3v) is 5.16. The fourth-order valence-corrected chi connectivity index (χ4v) is 3.89. The summed E-state index contributed by atoms with van der Waals surface area (Å²) in [6.45, 7) is 13.4. The number of piperidine rings is 1. The van der Waals surface area contributed by atoms with Gasteiger partial charge in [-0.2, -0.15) is 0 Å². The molecule has 0 radical (unpaired) electrons. The molecule has 0 aromatic rings. The summed E-state index contributed by atoms with van der Waals surface area (Å²) in [4.78, 5) is 2.65. The predicted octanol–water partition coefficient (Wildman–Crippen LogP) is 3.67. The first-order valence-corrected chi connectivity index (χ1v) is 8.46. The Labute approximate surface area is 120 Å². The van der Waals surface area contributed by atoms with Gasteiger partial charge in [0.25, 0.3) is 0 Å². The van der Waals surface area contributed by atoms with Gasteiger partial charge in [-0.25, -0.2) is 0 Å². The zero-order valence-electron chi connectivity index (χ0n) is 13.5. The quantitative estimate of drug-likeness (QED) is 0.835. The van der Waals surface area contributed by atoms with Gasteiger partial charge in [-0.3, -0.25) is 0 Å². The van der Waals surface area contributed by atoms with Crippen molar-refractivity contribution in [1.29, 1.82) is 0 Å². The third kappa shape index (κ3) is 4.46. The number of likely N-dealkylation sites (tertiary alicyclic amines) is 1. The molecule has 1 aliphatic carbocycles. The van der Waals surface area contributed by atoms with Crippen LogP contribution >= 0.6 is 0 Å². The fraction of sp³-hybridized carbons (Fsp3) is 1.00. The summed E-state index contributed by atoms with van der Waals surface area (Å²) in [6.07, 6.45) is 8.33. The summed E-state index contributed by atoms with van der Waals surface area (Å²) in [5.74, 6) is 0.807. The van der Waals surface area contributed by atoms with Crippen molar-refractivity contribution in [3.05, 3.63) is 0 Å². The van der Waals surface area contributed by atoms with Crippen molar-refractivity contribution in [2.24, 2.45) is 11.3 Å². The Morgan fingerprint density at radius 2 is 1.79 bits per heavy atom. The zero-order chi connectivity index (χ0) is 13.9. The van der Waals surface area contributed by atoms with Crippen LogP contribution in [0.5, 0.6) is 0 Å². The predicted molar refractivity (Wildman–Crippen MR) is 83.5 cm³/mol. The van der Waals surface area contributed by atoms with Crippen molar-refractivity contribution in [3.8, 4) is 0 Å². The molecule has 1 saturated carbocycles. The van der Waals surface area contributed by atoms with Crippen molar-refractivity contribution < 1.29 is 0 Å². The Balaban J connectivity index is 1.76. The summed E-state index contributed by atoms with van der Waals surface area (Å²) in [7, 11) is 0. The maximum atomic E-state index is 4.00. The van der Waals surface area contributed by atoms with E-state index in [9.17, 15) is 0 Å². The van der Waals surface area contributed by atoms with Crippen molar-refractivity contribution >= 4 is 0 Å². The van der Waals surface area contributed by atoms with Gasteiger partial charge < -0.3 is 10.2 Å². The molecule has 1 unspecified atom stereocenters. The van der Waals surface area contributed by atoms with E-state index < -0.39 is 0 Å². The van der Waals surface area contributed by atoms with E-state index in [2.05, 4.69) is 37.9 Å². The van der Waals surface area contributed by atoms with Gasteiger partial charge in [0, 0.05) is 18.6 Å². The first-order valence-electron chi connectivity index (χ1n) is 8.46. The lowest BCUT2D eigenvalue weighted by molar-refractivity contribution is 0.123. The number of hydrogen-bond donors (Lipinski definition) is 1. The highest BCUT2D eigenvalue weighted by Crippen LogP contribution is 2.36. The second-order valence-corrected chi connectivity index (χ2v) is 7.92. The van der Waals surface area contributed by atoms with E-state index in [1.807, 2.05) is 0 Å². The minimum absolute atomic E-state index is 0.507. The van der Waals surface area contributed by atoms with Crippen LogP contribution in [-0.2, 0) is 0 Å². The SMILES string of the molecule is CC(C)CN1CCC(NC2CCCCC2(C)C)CC1. The molecule has 2 fully saturated rings. The fourth-order valence-electron chi connectivity index (χ4n) is 3.89. The van der Waals surface area contributed by atoms with Crippen molar-refractivity contribution in [3.63, 3.8) is 0 Å². The molecule has 2 nitrogen and oxygen atoms in total. The van der Waals surface area contributed by atoms with Gasteiger partial charge in [-0.1, -0.05) is 40.5 Å². The average molecular weight is 266 g/mol. The van der Waals surface area contributed by atoms with Crippen LogP contribution in [0.4, 0.5) is 0 Å². The highest BCUT2D eigenvalue weighted by atomic mass is 15.1. The van der Waals surface area contributed by atoms with Gasteiger partial charge in [-0.05, 0) is 50.1 Å². The lowest BCUT2D eigenvalue weighted by atomic mass is 9.73. The van der Waals surface area contributed by atoms with Gasteiger partial charge in [-0.15, -0.1) is 0 Å². The number of rotatable bonds is 4. The van der Waals surface area contributed by atoms with Gasteiger partial charge in [0.15, 0.2) is 0 Å². The van der Waals surface area contributed by atoms with Gasteiger partial charge in [0.2, 0.25) is 0 Å². The molecule has 1 saturated heterocycles. The zero-order valence-corrected chi connectivity index (χ0v) is 13.5. The molecular formula is C17H34N2. The number of hydrogen-bond acceptors (Lipinski definition) is 2. The Bertz CT molecular complexity index is 264. The third-order valence-electron chi connectivity index (χ3n) is 5.16. The van der Waals surface area contributed by atoms with Crippen LogP contribution in [0.3, 0.4) is 0 Å². The van der Waals surface area contributed by atoms with Crippen LogP contribution in [0, 0.1) is 11.3 Å². The molecule has 0 aromatic carbocycles. The first-order chi connectivity index (χ1) is 8.97. The molecule has 112 valence electrons. The van der Waals surface area contributed by atoms with Crippen molar-refractivity contribution in [2.75, 3.05) is 19.6 Å². The average Bonchev–Trinajstić information content (AvgIpc) is 2.33. The lowest BCUT2D eigenvalue weighted by Crippen LogP contribution is -2.52. The van der Waals surface area contributed by atoms with Crippen molar-refractivity contribution in [1.82, 2.24) is 10.2 Å². The molecular weight excluding hydrogens is 232 g/mol. The maximum absolute atomic E-state index is 4.00. The van der Waals surface area contributed by atoms with Crippen LogP contribution in [0.25, 0.3) is 0 Å². The van der Waals surface area contributed by atoms with E-state index in [1.165, 1.54) is 58.2 Å². The van der Waals surface area contributed by atoms with Crippen LogP contribution in [-0.4, -0.2) is 36.6 Å². The summed E-state index contributed by atoms with van der Waals surface area (Å²) >= 11 is 0. The molecule has 2 aliphatic rings. The topological polar surface area (TPSA) is 15.3 Å². The molecule has 1 heterocycles. The lowest BCUT2D eigenvalue weighted by Gasteiger charge is -2.43. The Morgan fingerprint density at radius 3 is 2.37 bits per heavy atom. The highest BCUT2D eigenvalue weighted by molar-refractivity contribution is 4.91. The molecule has 0 amide bonds. The minimum Gasteiger partial charge on any atom is -0.311 e. The monoisotopic (exact) mass is 266 g/mol. The molecule has 1 aliphatic heterocycles. The minimum atomic E-state index is 0.507. The van der Waals surface area contributed by atoms with Crippen LogP contribution in [0.1, 0.15) is 66.2 Å². The summed E-state index contributed by atoms with van der Waals surface area (Å²) < 4.78 is 0. The molecule has 2 heteroatoms. The van der Waals surface area contributed by atoms with Crippen LogP contribution in [0.15, 0.2) is 0 Å². The Hall–Kier alpha value is -0.0800. The Kier molecular flexibility index (Phi) is 5.30. The smallest absolute Gasteiger partial charge is 0.0121 e. The molecule has 2 rings (SSSR count). The van der Waals surface area contributed by atoms with E-state index in [0.717, 1.165) is 18.0 Å². The van der Waals surface area contributed by atoms with Gasteiger partial charge in [0.1, 0.15) is 0 Å².